The SMILES string of the molecule is COc1ccc2c(C)cnn2c1. The van der Waals surface area contributed by atoms with Crippen LogP contribution in [0.3, 0.4) is 0 Å². The van der Waals surface area contributed by atoms with Gasteiger partial charge in [0, 0.05) is 0 Å². The van der Waals surface area contributed by atoms with Gasteiger partial charge in [0.25, 0.3) is 0 Å². The Morgan fingerprint density at radius 2 is 2.25 bits per heavy atom. The molecule has 2 rings (SSSR count). The van der Waals surface area contributed by atoms with Crippen molar-refractivity contribution in [3.05, 3.63) is 30.1 Å². The summed E-state index contributed by atoms with van der Waals surface area (Å²) in [7, 11) is 1.65. The molecule has 0 amide bonds. The van der Waals surface area contributed by atoms with Crippen molar-refractivity contribution in [3.8, 4) is 5.75 Å². The van der Waals surface area contributed by atoms with Crippen molar-refractivity contribution in [2.45, 2.75) is 6.92 Å². The van der Waals surface area contributed by atoms with E-state index in [-0.39, 0.29) is 0 Å². The van der Waals surface area contributed by atoms with Crippen LogP contribution < -0.4 is 4.74 Å². The highest BCUT2D eigenvalue weighted by Crippen LogP contribution is 2.14. The molecule has 0 bridgehead atoms. The molecule has 0 aromatic carbocycles. The molecule has 0 fully saturated rings. The standard InChI is InChI=1S/C9H10N2O/c1-7-5-10-11-6-8(12-2)3-4-9(7)11/h3-6H,1-2H3. The highest BCUT2D eigenvalue weighted by Gasteiger charge is 1.99. The largest absolute Gasteiger partial charge is 0.495 e. The van der Waals surface area contributed by atoms with E-state index in [0.717, 1.165) is 11.3 Å². The molecule has 0 atom stereocenters. The van der Waals surface area contributed by atoms with Gasteiger partial charge in [0.05, 0.1) is 25.0 Å². The fourth-order valence-corrected chi connectivity index (χ4v) is 1.21. The number of aromatic nitrogens is 2. The van der Waals surface area contributed by atoms with Gasteiger partial charge in [0.15, 0.2) is 0 Å². The Morgan fingerprint density at radius 1 is 1.42 bits per heavy atom. The molecule has 0 aliphatic heterocycles. The average Bonchev–Trinajstić information content (AvgIpc) is 2.47. The molecule has 0 unspecified atom stereocenters. The van der Waals surface area contributed by atoms with Gasteiger partial charge in [-0.15, -0.1) is 0 Å². The molecule has 2 aromatic heterocycles. The lowest BCUT2D eigenvalue weighted by atomic mass is 10.3. The topological polar surface area (TPSA) is 26.5 Å². The normalized spacial score (nSPS) is 10.5. The van der Waals surface area contributed by atoms with E-state index in [2.05, 4.69) is 5.10 Å². The number of ether oxygens (including phenoxy) is 1. The van der Waals surface area contributed by atoms with Gasteiger partial charge in [-0.05, 0) is 24.6 Å². The second-order valence-electron chi connectivity index (χ2n) is 2.73. The lowest BCUT2D eigenvalue weighted by molar-refractivity contribution is 0.411. The lowest BCUT2D eigenvalue weighted by Crippen LogP contribution is -1.89. The molecule has 62 valence electrons. The maximum atomic E-state index is 5.07. The first-order chi connectivity index (χ1) is 5.81. The van der Waals surface area contributed by atoms with E-state index in [1.165, 1.54) is 5.56 Å². The van der Waals surface area contributed by atoms with Crippen molar-refractivity contribution in [1.29, 1.82) is 0 Å². The highest BCUT2D eigenvalue weighted by molar-refractivity contribution is 5.54. The van der Waals surface area contributed by atoms with E-state index in [1.54, 1.807) is 7.11 Å². The summed E-state index contributed by atoms with van der Waals surface area (Å²) in [5, 5.41) is 4.16. The number of fused-ring (bicyclic) bond motifs is 1. The van der Waals surface area contributed by atoms with Crippen molar-refractivity contribution in [2.24, 2.45) is 0 Å². The summed E-state index contributed by atoms with van der Waals surface area (Å²) < 4.78 is 6.88. The highest BCUT2D eigenvalue weighted by atomic mass is 16.5. The Balaban J connectivity index is 2.69. The first kappa shape index (κ1) is 7.16. The number of methoxy groups -OCH3 is 1. The Labute approximate surface area is 70.6 Å². The van der Waals surface area contributed by atoms with Crippen molar-refractivity contribution < 1.29 is 4.74 Å². The minimum atomic E-state index is 0.825. The molecular formula is C9H10N2O. The Morgan fingerprint density at radius 3 is 3.00 bits per heavy atom. The van der Waals surface area contributed by atoms with Crippen LogP contribution in [-0.2, 0) is 0 Å². The molecule has 0 saturated carbocycles. The van der Waals surface area contributed by atoms with Gasteiger partial charge in [-0.25, -0.2) is 4.52 Å². The molecule has 2 aromatic rings. The minimum Gasteiger partial charge on any atom is -0.495 e. The summed E-state index contributed by atoms with van der Waals surface area (Å²) in [6.45, 7) is 2.04. The lowest BCUT2D eigenvalue weighted by Gasteiger charge is -1.99. The molecule has 2 heterocycles. The zero-order valence-corrected chi connectivity index (χ0v) is 7.11. The van der Waals surface area contributed by atoms with Crippen molar-refractivity contribution in [3.63, 3.8) is 0 Å². The molecule has 3 heteroatoms. The Kier molecular flexibility index (Phi) is 1.50. The number of rotatable bonds is 1. The monoisotopic (exact) mass is 162 g/mol. The van der Waals surface area contributed by atoms with E-state index in [9.17, 15) is 0 Å². The maximum Gasteiger partial charge on any atom is 0.137 e. The third-order valence-electron chi connectivity index (χ3n) is 1.92. The number of hydrogen-bond donors (Lipinski definition) is 0. The van der Waals surface area contributed by atoms with Gasteiger partial charge >= 0.3 is 0 Å². The Bertz CT molecular complexity index is 406. The van der Waals surface area contributed by atoms with Gasteiger partial charge in [0.1, 0.15) is 5.75 Å². The zero-order valence-electron chi connectivity index (χ0n) is 7.11. The number of nitrogens with zero attached hydrogens (tertiary/aromatic N) is 2. The van der Waals surface area contributed by atoms with E-state index in [4.69, 9.17) is 4.74 Å². The van der Waals surface area contributed by atoms with E-state index < -0.39 is 0 Å². The fourth-order valence-electron chi connectivity index (χ4n) is 1.21. The van der Waals surface area contributed by atoms with Crippen LogP contribution >= 0.6 is 0 Å². The first-order valence-corrected chi connectivity index (χ1v) is 3.79. The van der Waals surface area contributed by atoms with Crippen LogP contribution in [-0.4, -0.2) is 16.7 Å². The number of pyridine rings is 1. The van der Waals surface area contributed by atoms with Crippen LogP contribution in [0.25, 0.3) is 5.52 Å². The second kappa shape index (κ2) is 2.52. The van der Waals surface area contributed by atoms with Crippen LogP contribution in [0.15, 0.2) is 24.5 Å². The molecule has 0 spiro atoms. The predicted octanol–water partition coefficient (Wildman–Crippen LogP) is 1.65. The van der Waals surface area contributed by atoms with Crippen molar-refractivity contribution >= 4 is 5.52 Å². The van der Waals surface area contributed by atoms with Gasteiger partial charge < -0.3 is 4.74 Å². The fraction of sp³-hybridized carbons (Fsp3) is 0.222. The van der Waals surface area contributed by atoms with Gasteiger partial charge in [-0.3, -0.25) is 0 Å². The van der Waals surface area contributed by atoms with E-state index in [1.807, 2.05) is 36.0 Å². The summed E-state index contributed by atoms with van der Waals surface area (Å²) >= 11 is 0. The number of aryl methyl sites for hydroxylation is 1. The van der Waals surface area contributed by atoms with Crippen LogP contribution in [0.4, 0.5) is 0 Å². The molecule has 3 nitrogen and oxygen atoms in total. The van der Waals surface area contributed by atoms with Crippen LogP contribution in [0, 0.1) is 6.92 Å². The maximum absolute atomic E-state index is 5.07. The molecule has 12 heavy (non-hydrogen) atoms. The van der Waals surface area contributed by atoms with Crippen LogP contribution in [0.5, 0.6) is 5.75 Å². The summed E-state index contributed by atoms with van der Waals surface area (Å²) in [5.74, 6) is 0.825. The summed E-state index contributed by atoms with van der Waals surface area (Å²) in [6.07, 6.45) is 3.71. The Hall–Kier alpha value is -1.51. The molecular weight excluding hydrogens is 152 g/mol. The molecule has 0 radical (unpaired) electrons. The molecule has 0 saturated heterocycles. The third kappa shape index (κ3) is 0.942. The summed E-state index contributed by atoms with van der Waals surface area (Å²) in [5.41, 5.74) is 2.30. The van der Waals surface area contributed by atoms with Gasteiger partial charge in [-0.2, -0.15) is 5.10 Å². The summed E-state index contributed by atoms with van der Waals surface area (Å²) in [4.78, 5) is 0. The van der Waals surface area contributed by atoms with Crippen molar-refractivity contribution in [2.75, 3.05) is 7.11 Å². The molecule has 0 aliphatic carbocycles. The second-order valence-corrected chi connectivity index (χ2v) is 2.73. The zero-order chi connectivity index (χ0) is 8.55. The van der Waals surface area contributed by atoms with Crippen LogP contribution in [0.1, 0.15) is 5.56 Å². The molecule has 0 aliphatic rings. The number of hydrogen-bond acceptors (Lipinski definition) is 2. The van der Waals surface area contributed by atoms with E-state index >= 15 is 0 Å². The smallest absolute Gasteiger partial charge is 0.137 e. The summed E-state index contributed by atoms with van der Waals surface area (Å²) in [6, 6.07) is 3.94. The minimum absolute atomic E-state index is 0.825. The van der Waals surface area contributed by atoms with Crippen molar-refractivity contribution in [1.82, 2.24) is 9.61 Å². The quantitative estimate of drug-likeness (QED) is 0.637. The van der Waals surface area contributed by atoms with E-state index in [0.29, 0.717) is 0 Å². The first-order valence-electron chi connectivity index (χ1n) is 3.79. The van der Waals surface area contributed by atoms with Crippen LogP contribution in [0.2, 0.25) is 0 Å². The predicted molar refractivity (Wildman–Crippen MR) is 46.5 cm³/mol. The average molecular weight is 162 g/mol. The van der Waals surface area contributed by atoms with Gasteiger partial charge in [-0.1, -0.05) is 0 Å². The van der Waals surface area contributed by atoms with Gasteiger partial charge in [0.2, 0.25) is 0 Å². The third-order valence-corrected chi connectivity index (χ3v) is 1.92. The molecule has 0 N–H and O–H groups in total.